The van der Waals surface area contributed by atoms with Crippen LogP contribution in [0.5, 0.6) is 5.75 Å². The van der Waals surface area contributed by atoms with E-state index in [9.17, 15) is 4.79 Å². The molecule has 1 saturated heterocycles. The van der Waals surface area contributed by atoms with Crippen LogP contribution in [0.25, 0.3) is 5.57 Å². The maximum atomic E-state index is 12.7. The third kappa shape index (κ3) is 4.07. The van der Waals surface area contributed by atoms with Crippen molar-refractivity contribution in [3.05, 3.63) is 66.2 Å². The molecule has 0 saturated carbocycles. The first kappa shape index (κ1) is 18.1. The molecular formula is C22H26N2O2. The van der Waals surface area contributed by atoms with Gasteiger partial charge in [-0.2, -0.15) is 0 Å². The van der Waals surface area contributed by atoms with Gasteiger partial charge in [-0.15, -0.1) is 0 Å². The number of nitrogens with zero attached hydrogens (tertiary/aromatic N) is 2. The number of benzene rings is 2. The van der Waals surface area contributed by atoms with Crippen LogP contribution >= 0.6 is 0 Å². The zero-order valence-electron chi connectivity index (χ0n) is 15.5. The predicted octanol–water partition coefficient (Wildman–Crippen LogP) is 3.84. The van der Waals surface area contributed by atoms with Gasteiger partial charge in [0, 0.05) is 32.3 Å². The van der Waals surface area contributed by atoms with Gasteiger partial charge < -0.3 is 14.5 Å². The fourth-order valence-electron chi connectivity index (χ4n) is 3.34. The molecule has 0 spiro atoms. The van der Waals surface area contributed by atoms with Gasteiger partial charge in [0.15, 0.2) is 0 Å². The van der Waals surface area contributed by atoms with E-state index in [1.807, 2.05) is 41.3 Å². The lowest BCUT2D eigenvalue weighted by atomic mass is 10.0. The number of para-hydroxylation sites is 2. The van der Waals surface area contributed by atoms with E-state index in [0.717, 1.165) is 55.2 Å². The number of hydrogen-bond acceptors (Lipinski definition) is 3. The second-order valence-corrected chi connectivity index (χ2v) is 6.37. The van der Waals surface area contributed by atoms with Crippen LogP contribution in [-0.4, -0.2) is 44.1 Å². The number of allylic oxidation sites excluding steroid dienone is 1. The molecule has 3 rings (SSSR count). The van der Waals surface area contributed by atoms with Gasteiger partial charge in [0.1, 0.15) is 5.75 Å². The summed E-state index contributed by atoms with van der Waals surface area (Å²) >= 11 is 0. The zero-order valence-corrected chi connectivity index (χ0v) is 15.5. The minimum Gasteiger partial charge on any atom is -0.495 e. The number of hydrogen-bond donors (Lipinski definition) is 0. The molecule has 0 radical (unpaired) electrons. The standard InChI is InChI=1S/C22H26N2O2/c1-3-18(19-9-5-4-6-10-19)17-22(25)24-15-13-23(14-16-24)20-11-7-8-12-21(20)26-2/h4-12,17H,3,13-16H2,1-2H3/b18-17+. The molecule has 2 aromatic carbocycles. The molecule has 1 heterocycles. The van der Waals surface area contributed by atoms with E-state index in [4.69, 9.17) is 4.74 Å². The van der Waals surface area contributed by atoms with Gasteiger partial charge in [0.05, 0.1) is 12.8 Å². The van der Waals surface area contributed by atoms with Gasteiger partial charge in [-0.1, -0.05) is 49.4 Å². The summed E-state index contributed by atoms with van der Waals surface area (Å²) in [6.45, 7) is 5.16. The summed E-state index contributed by atoms with van der Waals surface area (Å²) in [5, 5.41) is 0. The SMILES string of the molecule is CC/C(=C\C(=O)N1CCN(c2ccccc2OC)CC1)c1ccccc1. The Morgan fingerprint density at radius 1 is 1.00 bits per heavy atom. The van der Waals surface area contributed by atoms with Crippen molar-refractivity contribution in [2.45, 2.75) is 13.3 Å². The number of carbonyl (C=O) groups is 1. The van der Waals surface area contributed by atoms with E-state index >= 15 is 0 Å². The van der Waals surface area contributed by atoms with E-state index in [-0.39, 0.29) is 5.91 Å². The monoisotopic (exact) mass is 350 g/mol. The van der Waals surface area contributed by atoms with E-state index in [1.165, 1.54) is 0 Å². The van der Waals surface area contributed by atoms with E-state index in [0.29, 0.717) is 0 Å². The van der Waals surface area contributed by atoms with Crippen molar-refractivity contribution >= 4 is 17.2 Å². The second-order valence-electron chi connectivity index (χ2n) is 6.37. The fourth-order valence-corrected chi connectivity index (χ4v) is 3.34. The van der Waals surface area contributed by atoms with Crippen LogP contribution in [0.2, 0.25) is 0 Å². The van der Waals surface area contributed by atoms with E-state index < -0.39 is 0 Å². The van der Waals surface area contributed by atoms with Gasteiger partial charge in [0.2, 0.25) is 5.91 Å². The van der Waals surface area contributed by atoms with Crippen molar-refractivity contribution < 1.29 is 9.53 Å². The minimum absolute atomic E-state index is 0.102. The molecule has 4 heteroatoms. The normalized spacial score (nSPS) is 15.1. The molecule has 1 aliphatic rings. The molecule has 0 unspecified atom stereocenters. The maximum Gasteiger partial charge on any atom is 0.246 e. The number of rotatable bonds is 5. The van der Waals surface area contributed by atoms with Crippen LogP contribution in [0, 0.1) is 0 Å². The third-order valence-electron chi connectivity index (χ3n) is 4.84. The second kappa shape index (κ2) is 8.56. The molecule has 0 aliphatic carbocycles. The predicted molar refractivity (Wildman–Crippen MR) is 106 cm³/mol. The molecule has 136 valence electrons. The Morgan fingerprint density at radius 3 is 2.31 bits per heavy atom. The molecule has 1 aliphatic heterocycles. The van der Waals surface area contributed by atoms with Crippen LogP contribution in [0.4, 0.5) is 5.69 Å². The number of amides is 1. The fraction of sp³-hybridized carbons (Fsp3) is 0.318. The van der Waals surface area contributed by atoms with Crippen LogP contribution in [-0.2, 0) is 4.79 Å². The van der Waals surface area contributed by atoms with Crippen molar-refractivity contribution in [3.63, 3.8) is 0 Å². The summed E-state index contributed by atoms with van der Waals surface area (Å²) in [5.74, 6) is 0.981. The first-order chi connectivity index (χ1) is 12.7. The highest BCUT2D eigenvalue weighted by molar-refractivity contribution is 5.95. The van der Waals surface area contributed by atoms with Gasteiger partial charge in [-0.3, -0.25) is 4.79 Å². The molecular weight excluding hydrogens is 324 g/mol. The Morgan fingerprint density at radius 2 is 1.65 bits per heavy atom. The van der Waals surface area contributed by atoms with Crippen LogP contribution in [0.15, 0.2) is 60.7 Å². The van der Waals surface area contributed by atoms with Gasteiger partial charge >= 0.3 is 0 Å². The Kier molecular flexibility index (Phi) is 5.95. The van der Waals surface area contributed by atoms with Crippen molar-refractivity contribution in [3.8, 4) is 5.75 Å². The van der Waals surface area contributed by atoms with Gasteiger partial charge in [-0.05, 0) is 29.7 Å². The highest BCUT2D eigenvalue weighted by Crippen LogP contribution is 2.28. The molecule has 0 N–H and O–H groups in total. The van der Waals surface area contributed by atoms with Crippen LogP contribution < -0.4 is 9.64 Å². The number of methoxy groups -OCH3 is 1. The Labute approximate surface area is 155 Å². The zero-order chi connectivity index (χ0) is 18.4. The summed E-state index contributed by atoms with van der Waals surface area (Å²) in [6, 6.07) is 18.2. The number of piperazine rings is 1. The summed E-state index contributed by atoms with van der Waals surface area (Å²) in [4.78, 5) is 16.9. The summed E-state index contributed by atoms with van der Waals surface area (Å²) < 4.78 is 5.46. The third-order valence-corrected chi connectivity index (χ3v) is 4.84. The maximum absolute atomic E-state index is 12.7. The first-order valence-electron chi connectivity index (χ1n) is 9.15. The van der Waals surface area contributed by atoms with Crippen LogP contribution in [0.3, 0.4) is 0 Å². The van der Waals surface area contributed by atoms with Crippen molar-refractivity contribution in [1.82, 2.24) is 4.90 Å². The smallest absolute Gasteiger partial charge is 0.246 e. The Bertz CT molecular complexity index is 763. The highest BCUT2D eigenvalue weighted by Gasteiger charge is 2.22. The van der Waals surface area contributed by atoms with Crippen molar-refractivity contribution in [2.24, 2.45) is 0 Å². The molecule has 1 fully saturated rings. The number of carbonyl (C=O) groups excluding carboxylic acids is 1. The molecule has 0 bridgehead atoms. The van der Waals surface area contributed by atoms with Gasteiger partial charge in [0.25, 0.3) is 0 Å². The van der Waals surface area contributed by atoms with Crippen molar-refractivity contribution in [1.29, 1.82) is 0 Å². The Balaban J connectivity index is 1.66. The van der Waals surface area contributed by atoms with Gasteiger partial charge in [-0.25, -0.2) is 0 Å². The molecule has 0 atom stereocenters. The molecule has 2 aromatic rings. The lowest BCUT2D eigenvalue weighted by Gasteiger charge is -2.36. The highest BCUT2D eigenvalue weighted by atomic mass is 16.5. The lowest BCUT2D eigenvalue weighted by molar-refractivity contribution is -0.126. The largest absolute Gasteiger partial charge is 0.495 e. The molecule has 0 aromatic heterocycles. The lowest BCUT2D eigenvalue weighted by Crippen LogP contribution is -2.48. The summed E-state index contributed by atoms with van der Waals surface area (Å²) in [5.41, 5.74) is 3.30. The average molecular weight is 350 g/mol. The van der Waals surface area contributed by atoms with Crippen molar-refractivity contribution in [2.75, 3.05) is 38.2 Å². The number of ether oxygens (including phenoxy) is 1. The topological polar surface area (TPSA) is 32.8 Å². The Hall–Kier alpha value is -2.75. The average Bonchev–Trinajstić information content (AvgIpc) is 2.72. The molecule has 26 heavy (non-hydrogen) atoms. The minimum atomic E-state index is 0.102. The molecule has 4 nitrogen and oxygen atoms in total. The van der Waals surface area contributed by atoms with E-state index in [2.05, 4.69) is 30.0 Å². The number of anilines is 1. The quantitative estimate of drug-likeness (QED) is 0.768. The first-order valence-corrected chi connectivity index (χ1v) is 9.15. The molecule has 1 amide bonds. The van der Waals surface area contributed by atoms with E-state index in [1.54, 1.807) is 13.2 Å². The summed E-state index contributed by atoms with van der Waals surface area (Å²) in [7, 11) is 1.69. The van der Waals surface area contributed by atoms with Crippen LogP contribution in [0.1, 0.15) is 18.9 Å². The summed E-state index contributed by atoms with van der Waals surface area (Å²) in [6.07, 6.45) is 2.64.